The van der Waals surface area contributed by atoms with Crippen molar-refractivity contribution < 1.29 is 4.79 Å². The van der Waals surface area contributed by atoms with Crippen molar-refractivity contribution in [3.05, 3.63) is 33.8 Å². The first-order chi connectivity index (χ1) is 9.97. The Labute approximate surface area is 136 Å². The summed E-state index contributed by atoms with van der Waals surface area (Å²) in [6.07, 6.45) is 2.74. The first-order valence-corrected chi connectivity index (χ1v) is 8.19. The molecule has 1 N–H and O–H groups in total. The molecule has 0 radical (unpaired) electrons. The number of amides is 1. The minimum Gasteiger partial charge on any atom is -0.335 e. The van der Waals surface area contributed by atoms with Crippen molar-refractivity contribution in [3.63, 3.8) is 0 Å². The summed E-state index contributed by atoms with van der Waals surface area (Å²) in [5.41, 5.74) is 1.03. The van der Waals surface area contributed by atoms with Gasteiger partial charge in [0.2, 0.25) is 5.91 Å². The molecule has 1 aliphatic carbocycles. The molecule has 21 heavy (non-hydrogen) atoms. The number of nitrogens with one attached hydrogen (secondary N) is 1. The van der Waals surface area contributed by atoms with Gasteiger partial charge in [0.05, 0.1) is 10.0 Å². The van der Waals surface area contributed by atoms with Crippen LogP contribution in [0.25, 0.3) is 0 Å². The molecule has 5 heteroatoms. The molecule has 2 rings (SSSR count). The summed E-state index contributed by atoms with van der Waals surface area (Å²) in [7, 11) is 0. The van der Waals surface area contributed by atoms with Crippen molar-refractivity contribution in [2.75, 3.05) is 6.54 Å². The third-order valence-corrected chi connectivity index (χ3v) is 4.28. The first kappa shape index (κ1) is 16.6. The molecule has 116 valence electrons. The van der Waals surface area contributed by atoms with Crippen LogP contribution in [0.1, 0.15) is 38.7 Å². The summed E-state index contributed by atoms with van der Waals surface area (Å²) in [4.78, 5) is 14.4. The van der Waals surface area contributed by atoms with Gasteiger partial charge in [0, 0.05) is 31.6 Å². The van der Waals surface area contributed by atoms with Gasteiger partial charge >= 0.3 is 0 Å². The fourth-order valence-electron chi connectivity index (χ4n) is 2.25. The number of halogens is 2. The van der Waals surface area contributed by atoms with Gasteiger partial charge in [0.15, 0.2) is 0 Å². The van der Waals surface area contributed by atoms with Gasteiger partial charge in [-0.3, -0.25) is 4.79 Å². The lowest BCUT2D eigenvalue weighted by molar-refractivity contribution is -0.132. The molecule has 0 bridgehead atoms. The molecule has 0 aromatic heterocycles. The highest BCUT2D eigenvalue weighted by molar-refractivity contribution is 6.42. The van der Waals surface area contributed by atoms with Crippen LogP contribution in [-0.2, 0) is 11.3 Å². The quantitative estimate of drug-likeness (QED) is 0.823. The van der Waals surface area contributed by atoms with Crippen molar-refractivity contribution in [3.8, 4) is 0 Å². The summed E-state index contributed by atoms with van der Waals surface area (Å²) in [6.45, 7) is 5.50. The molecule has 1 saturated carbocycles. The smallest absolute Gasteiger partial charge is 0.224 e. The average molecular weight is 329 g/mol. The van der Waals surface area contributed by atoms with Gasteiger partial charge in [0.1, 0.15) is 0 Å². The zero-order valence-corrected chi connectivity index (χ0v) is 14.0. The Morgan fingerprint density at radius 3 is 2.62 bits per heavy atom. The molecular formula is C16H22Cl2N2O. The largest absolute Gasteiger partial charge is 0.335 e. The maximum atomic E-state index is 12.4. The van der Waals surface area contributed by atoms with Crippen LogP contribution >= 0.6 is 23.2 Å². The van der Waals surface area contributed by atoms with Crippen LogP contribution in [0.2, 0.25) is 10.0 Å². The Bertz CT molecular complexity index is 501. The van der Waals surface area contributed by atoms with E-state index in [0.29, 0.717) is 35.1 Å². The summed E-state index contributed by atoms with van der Waals surface area (Å²) >= 11 is 12.0. The van der Waals surface area contributed by atoms with E-state index in [1.165, 1.54) is 0 Å². The van der Waals surface area contributed by atoms with E-state index in [9.17, 15) is 4.79 Å². The van der Waals surface area contributed by atoms with Crippen LogP contribution in [-0.4, -0.2) is 29.4 Å². The highest BCUT2D eigenvalue weighted by Crippen LogP contribution is 2.30. The number of carbonyl (C=O) groups excluding carboxylic acids is 1. The predicted molar refractivity (Wildman–Crippen MR) is 87.8 cm³/mol. The van der Waals surface area contributed by atoms with Crippen LogP contribution in [0.5, 0.6) is 0 Å². The van der Waals surface area contributed by atoms with E-state index in [0.717, 1.165) is 24.9 Å². The normalized spacial score (nSPS) is 14.5. The highest BCUT2D eigenvalue weighted by atomic mass is 35.5. The summed E-state index contributed by atoms with van der Waals surface area (Å²) < 4.78 is 0. The van der Waals surface area contributed by atoms with Crippen LogP contribution in [0.3, 0.4) is 0 Å². The predicted octanol–water partition coefficient (Wildman–Crippen LogP) is 3.87. The van der Waals surface area contributed by atoms with E-state index in [-0.39, 0.29) is 5.91 Å². The second-order valence-electron chi connectivity index (χ2n) is 5.86. The number of carbonyl (C=O) groups is 1. The lowest BCUT2D eigenvalue weighted by Crippen LogP contribution is -2.35. The molecule has 0 unspecified atom stereocenters. The van der Waals surface area contributed by atoms with Gasteiger partial charge in [-0.05, 0) is 30.5 Å². The van der Waals surface area contributed by atoms with Gasteiger partial charge < -0.3 is 10.2 Å². The van der Waals surface area contributed by atoms with E-state index in [4.69, 9.17) is 23.2 Å². The molecule has 0 spiro atoms. The SMILES string of the molecule is CC(C)NCCC(=O)N(Cc1ccc(Cl)c(Cl)c1)C1CC1. The number of hydrogen-bond acceptors (Lipinski definition) is 2. The molecule has 1 amide bonds. The van der Waals surface area contributed by atoms with Crippen molar-refractivity contribution in [2.24, 2.45) is 0 Å². The van der Waals surface area contributed by atoms with Crippen LogP contribution < -0.4 is 5.32 Å². The molecule has 1 fully saturated rings. The molecule has 1 aromatic carbocycles. The maximum Gasteiger partial charge on any atom is 0.224 e. The number of hydrogen-bond donors (Lipinski definition) is 1. The zero-order chi connectivity index (χ0) is 15.4. The molecule has 3 nitrogen and oxygen atoms in total. The Morgan fingerprint density at radius 1 is 1.33 bits per heavy atom. The summed E-state index contributed by atoms with van der Waals surface area (Å²) in [5, 5.41) is 4.37. The topological polar surface area (TPSA) is 32.3 Å². The molecule has 1 aromatic rings. The second kappa shape index (κ2) is 7.48. The van der Waals surface area contributed by atoms with Crippen LogP contribution in [0.4, 0.5) is 0 Å². The van der Waals surface area contributed by atoms with Crippen molar-refractivity contribution in [1.82, 2.24) is 10.2 Å². The lowest BCUT2D eigenvalue weighted by Gasteiger charge is -2.23. The van der Waals surface area contributed by atoms with Crippen molar-refractivity contribution in [1.29, 1.82) is 0 Å². The van der Waals surface area contributed by atoms with E-state index in [1.807, 2.05) is 17.0 Å². The van der Waals surface area contributed by atoms with Crippen LogP contribution in [0, 0.1) is 0 Å². The van der Waals surface area contributed by atoms with Crippen molar-refractivity contribution >= 4 is 29.1 Å². The van der Waals surface area contributed by atoms with E-state index in [2.05, 4.69) is 19.2 Å². The standard InChI is InChI=1S/C16H22Cl2N2O/c1-11(2)19-8-7-16(21)20(13-4-5-13)10-12-3-6-14(17)15(18)9-12/h3,6,9,11,13,19H,4-5,7-8,10H2,1-2H3. The Balaban J connectivity index is 1.95. The Hall–Kier alpha value is -0.770. The van der Waals surface area contributed by atoms with E-state index >= 15 is 0 Å². The Kier molecular flexibility index (Phi) is 5.91. The van der Waals surface area contributed by atoms with Crippen LogP contribution in [0.15, 0.2) is 18.2 Å². The van der Waals surface area contributed by atoms with Gasteiger partial charge in [0.25, 0.3) is 0 Å². The highest BCUT2D eigenvalue weighted by Gasteiger charge is 2.32. The Morgan fingerprint density at radius 2 is 2.05 bits per heavy atom. The van der Waals surface area contributed by atoms with Crippen molar-refractivity contribution in [2.45, 2.75) is 51.7 Å². The first-order valence-electron chi connectivity index (χ1n) is 7.44. The molecule has 0 heterocycles. The number of nitrogens with zero attached hydrogens (tertiary/aromatic N) is 1. The third-order valence-electron chi connectivity index (χ3n) is 3.54. The van der Waals surface area contributed by atoms with Gasteiger partial charge in [-0.1, -0.05) is 43.1 Å². The molecular weight excluding hydrogens is 307 g/mol. The van der Waals surface area contributed by atoms with Gasteiger partial charge in [-0.15, -0.1) is 0 Å². The molecule has 0 atom stereocenters. The van der Waals surface area contributed by atoms with E-state index in [1.54, 1.807) is 6.07 Å². The summed E-state index contributed by atoms with van der Waals surface area (Å²) in [5.74, 6) is 0.205. The van der Waals surface area contributed by atoms with E-state index < -0.39 is 0 Å². The third kappa shape index (κ3) is 5.17. The van der Waals surface area contributed by atoms with Gasteiger partial charge in [-0.2, -0.15) is 0 Å². The minimum atomic E-state index is 0.205. The number of benzene rings is 1. The summed E-state index contributed by atoms with van der Waals surface area (Å²) in [6, 6.07) is 6.37. The fraction of sp³-hybridized carbons (Fsp3) is 0.562. The maximum absolute atomic E-state index is 12.4. The molecule has 0 aliphatic heterocycles. The minimum absolute atomic E-state index is 0.205. The fourth-order valence-corrected chi connectivity index (χ4v) is 2.57. The molecule has 1 aliphatic rings. The van der Waals surface area contributed by atoms with Gasteiger partial charge in [-0.25, -0.2) is 0 Å². The number of rotatable bonds is 7. The molecule has 0 saturated heterocycles. The lowest BCUT2D eigenvalue weighted by atomic mass is 10.2. The average Bonchev–Trinajstić information content (AvgIpc) is 3.23. The zero-order valence-electron chi connectivity index (χ0n) is 12.5. The second-order valence-corrected chi connectivity index (χ2v) is 6.67. The monoisotopic (exact) mass is 328 g/mol.